The summed E-state index contributed by atoms with van der Waals surface area (Å²) >= 11 is 13.7. The lowest BCUT2D eigenvalue weighted by Crippen LogP contribution is -2.39. The number of rotatable bonds is 9. The highest BCUT2D eigenvalue weighted by molar-refractivity contribution is 7.98. The highest BCUT2D eigenvalue weighted by atomic mass is 35.5. The second kappa shape index (κ2) is 10.8. The summed E-state index contributed by atoms with van der Waals surface area (Å²) in [5.74, 6) is 2.30. The molecule has 0 aliphatic rings. The minimum absolute atomic E-state index is 0.0770. The molecule has 2 rings (SSSR count). The van der Waals surface area contributed by atoms with Gasteiger partial charge in [0.2, 0.25) is 0 Å². The van der Waals surface area contributed by atoms with Crippen LogP contribution in [0.3, 0.4) is 0 Å². The Morgan fingerprint density at radius 3 is 2.44 bits per heavy atom. The molecule has 3 nitrogen and oxygen atoms in total. The fourth-order valence-electron chi connectivity index (χ4n) is 2.67. The highest BCUT2D eigenvalue weighted by Gasteiger charge is 2.18. The van der Waals surface area contributed by atoms with Gasteiger partial charge in [0, 0.05) is 18.1 Å². The molecule has 0 saturated heterocycles. The van der Waals surface area contributed by atoms with Crippen molar-refractivity contribution in [2.45, 2.75) is 39.0 Å². The molecule has 2 aromatic rings. The third-order valence-electron chi connectivity index (χ3n) is 3.94. The number of carbonyl (C=O) groups excluding carboxylic acids is 1. The quantitative estimate of drug-likeness (QED) is 0.514. The number of hydrogen-bond acceptors (Lipinski definition) is 3. The number of halogens is 2. The van der Waals surface area contributed by atoms with Gasteiger partial charge in [-0.1, -0.05) is 42.3 Å². The molecule has 0 spiro atoms. The summed E-state index contributed by atoms with van der Waals surface area (Å²) < 4.78 is 5.89. The number of hydrogen-bond donors (Lipinski definition) is 1. The molecule has 1 atom stereocenters. The number of aryl methyl sites for hydroxylation is 2. The molecule has 0 aliphatic carbocycles. The molecule has 27 heavy (non-hydrogen) atoms. The van der Waals surface area contributed by atoms with Gasteiger partial charge in [0.1, 0.15) is 5.75 Å². The van der Waals surface area contributed by atoms with E-state index in [1.54, 1.807) is 17.8 Å². The summed E-state index contributed by atoms with van der Waals surface area (Å²) in [5, 5.41) is 4.09. The summed E-state index contributed by atoms with van der Waals surface area (Å²) in [6.45, 7) is 6.58. The van der Waals surface area contributed by atoms with Crippen molar-refractivity contribution in [1.82, 2.24) is 5.32 Å². The fourth-order valence-corrected chi connectivity index (χ4v) is 3.79. The summed E-state index contributed by atoms with van der Waals surface area (Å²) in [6, 6.07) is 11.6. The van der Waals surface area contributed by atoms with E-state index in [-0.39, 0.29) is 5.91 Å². The highest BCUT2D eigenvalue weighted by Crippen LogP contribution is 2.24. The Hall–Kier alpha value is -1.36. The van der Waals surface area contributed by atoms with Crippen molar-refractivity contribution in [1.29, 1.82) is 0 Å². The first-order chi connectivity index (χ1) is 12.9. The second-order valence-corrected chi connectivity index (χ2v) is 8.35. The molecule has 0 saturated carbocycles. The maximum atomic E-state index is 12.4. The van der Waals surface area contributed by atoms with E-state index < -0.39 is 6.10 Å². The summed E-state index contributed by atoms with van der Waals surface area (Å²) in [7, 11) is 0. The Morgan fingerprint density at radius 1 is 1.11 bits per heavy atom. The first-order valence-corrected chi connectivity index (χ1v) is 10.8. The van der Waals surface area contributed by atoms with Gasteiger partial charge in [-0.15, -0.1) is 0 Å². The van der Waals surface area contributed by atoms with Crippen molar-refractivity contribution >= 4 is 40.9 Å². The van der Waals surface area contributed by atoms with Crippen LogP contribution >= 0.6 is 35.0 Å². The molecule has 1 amide bonds. The Bertz CT molecular complexity index is 763. The first-order valence-electron chi connectivity index (χ1n) is 8.93. The van der Waals surface area contributed by atoms with Gasteiger partial charge < -0.3 is 10.1 Å². The van der Waals surface area contributed by atoms with Gasteiger partial charge in [-0.05, 0) is 61.2 Å². The van der Waals surface area contributed by atoms with Crippen LogP contribution in [0, 0.1) is 13.8 Å². The number of ether oxygens (including phenoxy) is 1. The fraction of sp³-hybridized carbons (Fsp3) is 0.381. The number of thioether (sulfide) groups is 1. The van der Waals surface area contributed by atoms with Gasteiger partial charge in [0.15, 0.2) is 6.10 Å². The number of nitrogens with one attached hydrogen (secondary N) is 1. The molecule has 146 valence electrons. The summed E-state index contributed by atoms with van der Waals surface area (Å²) in [6.07, 6.45) is 0.140. The van der Waals surface area contributed by atoms with Crippen LogP contribution in [-0.4, -0.2) is 24.3 Å². The van der Waals surface area contributed by atoms with Crippen LogP contribution in [0.1, 0.15) is 30.0 Å². The van der Waals surface area contributed by atoms with Crippen LogP contribution in [0.2, 0.25) is 10.0 Å². The van der Waals surface area contributed by atoms with Gasteiger partial charge in [-0.2, -0.15) is 11.8 Å². The maximum absolute atomic E-state index is 12.4. The smallest absolute Gasteiger partial charge is 0.261 e. The molecule has 0 aromatic heterocycles. The molecular formula is C21H25Cl2NO2S. The van der Waals surface area contributed by atoms with E-state index in [2.05, 4.69) is 11.4 Å². The van der Waals surface area contributed by atoms with Gasteiger partial charge in [-0.3, -0.25) is 4.79 Å². The van der Waals surface area contributed by atoms with Crippen LogP contribution in [0.25, 0.3) is 0 Å². The van der Waals surface area contributed by atoms with E-state index in [4.69, 9.17) is 27.9 Å². The summed E-state index contributed by atoms with van der Waals surface area (Å²) in [5.41, 5.74) is 3.36. The van der Waals surface area contributed by atoms with Crippen molar-refractivity contribution < 1.29 is 9.53 Å². The lowest BCUT2D eigenvalue weighted by atomic mass is 10.1. The van der Waals surface area contributed by atoms with Crippen molar-refractivity contribution in [2.24, 2.45) is 0 Å². The standard InChI is InChI=1S/C21H25Cl2NO2S/c1-4-20(26-17-10-14(2)9-15(3)11-17)21(25)24-7-8-27-13-16-5-6-18(22)19(23)12-16/h5-6,9-12,20H,4,7-8,13H2,1-3H3,(H,24,25)/t20-/m0/s1. The zero-order chi connectivity index (χ0) is 19.8. The Kier molecular flexibility index (Phi) is 8.81. The Labute approximate surface area is 175 Å². The molecular weight excluding hydrogens is 401 g/mol. The summed E-state index contributed by atoms with van der Waals surface area (Å²) in [4.78, 5) is 12.4. The topological polar surface area (TPSA) is 38.3 Å². The van der Waals surface area contributed by atoms with Crippen molar-refractivity contribution in [2.75, 3.05) is 12.3 Å². The zero-order valence-corrected chi connectivity index (χ0v) is 18.2. The van der Waals surface area contributed by atoms with Gasteiger partial charge in [0.05, 0.1) is 10.0 Å². The second-order valence-electron chi connectivity index (χ2n) is 6.43. The predicted molar refractivity (Wildman–Crippen MR) is 116 cm³/mol. The zero-order valence-electron chi connectivity index (χ0n) is 15.9. The van der Waals surface area contributed by atoms with Crippen LogP contribution in [0.15, 0.2) is 36.4 Å². The van der Waals surface area contributed by atoms with Crippen LogP contribution in [0.5, 0.6) is 5.75 Å². The predicted octanol–water partition coefficient (Wildman–Crippen LogP) is 5.82. The van der Waals surface area contributed by atoms with E-state index in [0.29, 0.717) is 23.0 Å². The van der Waals surface area contributed by atoms with E-state index >= 15 is 0 Å². The molecule has 0 bridgehead atoms. The SMILES string of the molecule is CC[C@H](Oc1cc(C)cc(C)c1)C(=O)NCCSCc1ccc(Cl)c(Cl)c1. The van der Waals surface area contributed by atoms with Crippen LogP contribution < -0.4 is 10.1 Å². The van der Waals surface area contributed by atoms with E-state index in [1.807, 2.05) is 45.0 Å². The molecule has 2 aromatic carbocycles. The van der Waals surface area contributed by atoms with Crippen LogP contribution in [-0.2, 0) is 10.5 Å². The molecule has 0 radical (unpaired) electrons. The number of benzene rings is 2. The molecule has 0 heterocycles. The van der Waals surface area contributed by atoms with E-state index in [1.165, 1.54) is 0 Å². The number of carbonyl (C=O) groups is 1. The van der Waals surface area contributed by atoms with Crippen molar-refractivity contribution in [3.05, 3.63) is 63.1 Å². The molecule has 0 fully saturated rings. The molecule has 1 N–H and O–H groups in total. The van der Waals surface area contributed by atoms with Crippen molar-refractivity contribution in [3.8, 4) is 5.75 Å². The average molecular weight is 426 g/mol. The first kappa shape index (κ1) is 21.9. The Balaban J connectivity index is 1.75. The van der Waals surface area contributed by atoms with E-state index in [0.717, 1.165) is 33.9 Å². The third kappa shape index (κ3) is 7.28. The largest absolute Gasteiger partial charge is 0.481 e. The van der Waals surface area contributed by atoms with Gasteiger partial charge in [0.25, 0.3) is 5.91 Å². The monoisotopic (exact) mass is 425 g/mol. The van der Waals surface area contributed by atoms with E-state index in [9.17, 15) is 4.79 Å². The lowest BCUT2D eigenvalue weighted by molar-refractivity contribution is -0.127. The lowest BCUT2D eigenvalue weighted by Gasteiger charge is -2.18. The molecule has 6 heteroatoms. The average Bonchev–Trinajstić information content (AvgIpc) is 2.61. The van der Waals surface area contributed by atoms with Crippen LogP contribution in [0.4, 0.5) is 0 Å². The minimum Gasteiger partial charge on any atom is -0.481 e. The normalized spacial score (nSPS) is 11.9. The van der Waals surface area contributed by atoms with Crippen molar-refractivity contribution in [3.63, 3.8) is 0 Å². The Morgan fingerprint density at radius 2 is 1.81 bits per heavy atom. The van der Waals surface area contributed by atoms with Gasteiger partial charge >= 0.3 is 0 Å². The number of amides is 1. The maximum Gasteiger partial charge on any atom is 0.261 e. The minimum atomic E-state index is -0.480. The van der Waals surface area contributed by atoms with Gasteiger partial charge in [-0.25, -0.2) is 0 Å². The third-order valence-corrected chi connectivity index (χ3v) is 5.70. The molecule has 0 aliphatic heterocycles. The molecule has 0 unspecified atom stereocenters.